The van der Waals surface area contributed by atoms with Gasteiger partial charge in [0.15, 0.2) is 0 Å². The largest absolute Gasteiger partial charge is 0.331 e. The smallest absolute Gasteiger partial charge is 0.131 e. The van der Waals surface area contributed by atoms with Crippen LogP contribution in [0.2, 0.25) is 0 Å². The summed E-state index contributed by atoms with van der Waals surface area (Å²) >= 11 is 0. The highest BCUT2D eigenvalue weighted by Crippen LogP contribution is 2.24. The minimum Gasteiger partial charge on any atom is -0.331 e. The summed E-state index contributed by atoms with van der Waals surface area (Å²) in [5.41, 5.74) is 5.65. The Morgan fingerprint density at radius 3 is 3.12 bits per heavy atom. The van der Waals surface area contributed by atoms with E-state index < -0.39 is 0 Å². The normalized spacial score (nSPS) is 22.2. The van der Waals surface area contributed by atoms with Crippen LogP contribution in [0.15, 0.2) is 12.5 Å². The van der Waals surface area contributed by atoms with Gasteiger partial charge in [-0.25, -0.2) is 4.98 Å². The van der Waals surface area contributed by atoms with Crippen LogP contribution in [0.5, 0.6) is 0 Å². The van der Waals surface area contributed by atoms with Crippen molar-refractivity contribution in [3.63, 3.8) is 0 Å². The van der Waals surface area contributed by atoms with E-state index >= 15 is 0 Å². The van der Waals surface area contributed by atoms with Crippen molar-refractivity contribution in [3.05, 3.63) is 12.5 Å². The fourth-order valence-electron chi connectivity index (χ4n) is 2.33. The van der Waals surface area contributed by atoms with Crippen LogP contribution in [0, 0.1) is 5.41 Å². The Kier molecular flexibility index (Phi) is 3.56. The molecule has 16 heavy (non-hydrogen) atoms. The third-order valence-corrected chi connectivity index (χ3v) is 3.10. The van der Waals surface area contributed by atoms with E-state index in [4.69, 9.17) is 11.1 Å². The topological polar surface area (TPSA) is 81.8 Å². The molecular formula is C11H19N5. The lowest BCUT2D eigenvalue weighted by Crippen LogP contribution is -2.40. The maximum atomic E-state index is 8.11. The summed E-state index contributed by atoms with van der Waals surface area (Å²) in [6, 6.07) is 0.348. The van der Waals surface area contributed by atoms with Gasteiger partial charge in [0.2, 0.25) is 0 Å². The van der Waals surface area contributed by atoms with Crippen LogP contribution in [-0.4, -0.2) is 28.4 Å². The van der Waals surface area contributed by atoms with Crippen molar-refractivity contribution < 1.29 is 0 Å². The minimum atomic E-state index is 0.348. The summed E-state index contributed by atoms with van der Waals surface area (Å²) in [7, 11) is 0. The number of aromatic nitrogens is 2. The van der Waals surface area contributed by atoms with Crippen molar-refractivity contribution in [2.24, 2.45) is 5.73 Å². The number of hydrogen-bond acceptors (Lipinski definition) is 3. The van der Waals surface area contributed by atoms with Crippen LogP contribution in [-0.2, 0) is 0 Å². The highest BCUT2D eigenvalue weighted by Gasteiger charge is 2.25. The molecule has 4 N–H and O–H groups in total. The third kappa shape index (κ3) is 2.24. The van der Waals surface area contributed by atoms with Crippen molar-refractivity contribution in [1.29, 1.82) is 5.41 Å². The van der Waals surface area contributed by atoms with Crippen LogP contribution in [0.25, 0.3) is 0 Å². The summed E-state index contributed by atoms with van der Waals surface area (Å²) in [4.78, 5) is 9.18. The van der Waals surface area contributed by atoms with Crippen LogP contribution in [0.4, 0.5) is 5.82 Å². The second-order valence-corrected chi connectivity index (χ2v) is 4.23. The Morgan fingerprint density at radius 2 is 2.44 bits per heavy atom. The lowest BCUT2D eigenvalue weighted by atomic mass is 10.1. The fourth-order valence-corrected chi connectivity index (χ4v) is 2.33. The monoisotopic (exact) mass is 221 g/mol. The van der Waals surface area contributed by atoms with E-state index in [0.717, 1.165) is 31.5 Å². The summed E-state index contributed by atoms with van der Waals surface area (Å²) in [5, 5.41) is 8.11. The number of nitrogens with zero attached hydrogens (tertiary/aromatic N) is 2. The predicted molar refractivity (Wildman–Crippen MR) is 64.7 cm³/mol. The minimum absolute atomic E-state index is 0.348. The van der Waals surface area contributed by atoms with Crippen LogP contribution < -0.4 is 10.6 Å². The van der Waals surface area contributed by atoms with Gasteiger partial charge in [0.1, 0.15) is 11.7 Å². The first kappa shape index (κ1) is 11.1. The Labute approximate surface area is 95.6 Å². The Bertz CT molecular complexity index is 332. The van der Waals surface area contributed by atoms with E-state index in [1.54, 1.807) is 12.5 Å². The molecule has 0 aromatic carbocycles. The number of nitrogens with one attached hydrogen (secondary N) is 2. The SMILES string of the molecule is N=C1CCCCC(CCN)N1c1cnc[nH]1. The lowest BCUT2D eigenvalue weighted by molar-refractivity contribution is 0.556. The molecule has 2 heterocycles. The molecule has 2 rings (SSSR count). The van der Waals surface area contributed by atoms with Gasteiger partial charge in [-0.3, -0.25) is 5.41 Å². The zero-order valence-electron chi connectivity index (χ0n) is 9.45. The second kappa shape index (κ2) is 5.12. The average Bonchev–Trinajstić information content (AvgIpc) is 2.72. The van der Waals surface area contributed by atoms with Gasteiger partial charge in [0.05, 0.1) is 12.5 Å². The highest BCUT2D eigenvalue weighted by molar-refractivity contribution is 5.95. The van der Waals surface area contributed by atoms with Crippen LogP contribution >= 0.6 is 0 Å². The van der Waals surface area contributed by atoms with Gasteiger partial charge < -0.3 is 15.6 Å². The summed E-state index contributed by atoms with van der Waals surface area (Å²) in [5.74, 6) is 1.60. The molecule has 1 unspecified atom stereocenters. The molecular weight excluding hydrogens is 202 g/mol. The van der Waals surface area contributed by atoms with Crippen molar-refractivity contribution in [2.45, 2.75) is 38.1 Å². The van der Waals surface area contributed by atoms with E-state index in [9.17, 15) is 0 Å². The van der Waals surface area contributed by atoms with Crippen molar-refractivity contribution >= 4 is 11.7 Å². The first-order chi connectivity index (χ1) is 7.83. The third-order valence-electron chi connectivity index (χ3n) is 3.10. The first-order valence-corrected chi connectivity index (χ1v) is 5.88. The molecule has 0 radical (unpaired) electrons. The van der Waals surface area contributed by atoms with E-state index in [2.05, 4.69) is 14.9 Å². The van der Waals surface area contributed by atoms with E-state index in [-0.39, 0.29) is 0 Å². The summed E-state index contributed by atoms with van der Waals surface area (Å²) in [6.07, 6.45) is 8.61. The van der Waals surface area contributed by atoms with Gasteiger partial charge in [0, 0.05) is 12.5 Å². The van der Waals surface area contributed by atoms with Crippen molar-refractivity contribution in [1.82, 2.24) is 9.97 Å². The van der Waals surface area contributed by atoms with Gasteiger partial charge in [-0.1, -0.05) is 6.42 Å². The highest BCUT2D eigenvalue weighted by atomic mass is 15.3. The molecule has 1 fully saturated rings. The zero-order chi connectivity index (χ0) is 11.4. The Morgan fingerprint density at radius 1 is 1.56 bits per heavy atom. The maximum Gasteiger partial charge on any atom is 0.131 e. The van der Waals surface area contributed by atoms with Gasteiger partial charge in [-0.05, 0) is 25.8 Å². The molecule has 1 saturated heterocycles. The summed E-state index contributed by atoms with van der Waals surface area (Å²) in [6.45, 7) is 0.669. The number of amidine groups is 1. The van der Waals surface area contributed by atoms with Crippen molar-refractivity contribution in [2.75, 3.05) is 11.4 Å². The maximum absolute atomic E-state index is 8.11. The van der Waals surface area contributed by atoms with E-state index in [1.807, 2.05) is 0 Å². The molecule has 1 atom stereocenters. The summed E-state index contributed by atoms with van der Waals surface area (Å²) < 4.78 is 0. The van der Waals surface area contributed by atoms with Crippen LogP contribution in [0.3, 0.4) is 0 Å². The molecule has 1 aromatic rings. The van der Waals surface area contributed by atoms with E-state index in [1.165, 1.54) is 6.42 Å². The number of aromatic amines is 1. The number of rotatable bonds is 3. The molecule has 0 amide bonds. The van der Waals surface area contributed by atoms with Gasteiger partial charge in [-0.2, -0.15) is 0 Å². The molecule has 88 valence electrons. The number of H-pyrrole nitrogens is 1. The number of anilines is 1. The van der Waals surface area contributed by atoms with Gasteiger partial charge in [0.25, 0.3) is 0 Å². The van der Waals surface area contributed by atoms with Crippen LogP contribution in [0.1, 0.15) is 32.1 Å². The Balaban J connectivity index is 2.22. The number of nitrogens with two attached hydrogens (primary N) is 1. The molecule has 5 heteroatoms. The molecule has 0 spiro atoms. The molecule has 0 aliphatic carbocycles. The molecule has 0 saturated carbocycles. The van der Waals surface area contributed by atoms with Crippen molar-refractivity contribution in [3.8, 4) is 0 Å². The second-order valence-electron chi connectivity index (χ2n) is 4.23. The average molecular weight is 221 g/mol. The van der Waals surface area contributed by atoms with E-state index in [0.29, 0.717) is 18.4 Å². The van der Waals surface area contributed by atoms with Gasteiger partial charge >= 0.3 is 0 Å². The molecule has 5 nitrogen and oxygen atoms in total. The standard InChI is InChI=1S/C11H19N5/c12-6-5-9-3-1-2-4-10(13)16(9)11-7-14-8-15-11/h7-9,13H,1-6,12H2,(H,14,15). The number of imidazole rings is 1. The lowest BCUT2D eigenvalue weighted by Gasteiger charge is -2.30. The quantitative estimate of drug-likeness (QED) is 0.723. The Hall–Kier alpha value is -1.36. The molecule has 0 bridgehead atoms. The first-order valence-electron chi connectivity index (χ1n) is 5.88. The molecule has 1 aliphatic rings. The predicted octanol–water partition coefficient (Wildman–Crippen LogP) is 1.48. The molecule has 1 aliphatic heterocycles. The zero-order valence-corrected chi connectivity index (χ0v) is 9.45. The number of hydrogen-bond donors (Lipinski definition) is 3. The molecule has 1 aromatic heterocycles. The fraction of sp³-hybridized carbons (Fsp3) is 0.636. The van der Waals surface area contributed by atoms with Gasteiger partial charge in [-0.15, -0.1) is 0 Å².